The zero-order valence-electron chi connectivity index (χ0n) is 11.7. The van der Waals surface area contributed by atoms with E-state index in [1.54, 1.807) is 0 Å². The highest BCUT2D eigenvalue weighted by atomic mass is 16.6. The molecule has 0 saturated carbocycles. The SMILES string of the molecule is O=C(COC(=O)c1cc[n+]([O-])cc1)Nc1ccccc1[N+](=O)[O-]. The first kappa shape index (κ1) is 15.9. The molecule has 0 aliphatic rings. The molecule has 0 spiro atoms. The first-order valence-electron chi connectivity index (χ1n) is 6.36. The van der Waals surface area contributed by atoms with Crippen molar-refractivity contribution in [3.8, 4) is 0 Å². The van der Waals surface area contributed by atoms with Crippen LogP contribution in [0.2, 0.25) is 0 Å². The van der Waals surface area contributed by atoms with Crippen LogP contribution in [0.3, 0.4) is 0 Å². The Kier molecular flexibility index (Phi) is 4.82. The van der Waals surface area contributed by atoms with Crippen molar-refractivity contribution in [2.24, 2.45) is 0 Å². The number of hydrogen-bond donors (Lipinski definition) is 1. The number of nitro benzene ring substituents is 1. The summed E-state index contributed by atoms with van der Waals surface area (Å²) in [4.78, 5) is 33.6. The average molecular weight is 317 g/mol. The number of benzene rings is 1. The van der Waals surface area contributed by atoms with E-state index in [0.717, 1.165) is 12.4 Å². The molecule has 0 radical (unpaired) electrons. The lowest BCUT2D eigenvalue weighted by Gasteiger charge is -2.07. The molecule has 0 aliphatic carbocycles. The van der Waals surface area contributed by atoms with Gasteiger partial charge < -0.3 is 15.3 Å². The van der Waals surface area contributed by atoms with Gasteiger partial charge in [0.25, 0.3) is 11.6 Å². The van der Waals surface area contributed by atoms with Gasteiger partial charge >= 0.3 is 5.97 Å². The van der Waals surface area contributed by atoms with Crippen LogP contribution in [0.5, 0.6) is 0 Å². The zero-order chi connectivity index (χ0) is 16.8. The van der Waals surface area contributed by atoms with Crippen molar-refractivity contribution in [2.45, 2.75) is 0 Å². The number of ether oxygens (including phenoxy) is 1. The zero-order valence-corrected chi connectivity index (χ0v) is 11.7. The number of amides is 1. The first-order chi connectivity index (χ1) is 11.0. The van der Waals surface area contributed by atoms with E-state index in [-0.39, 0.29) is 16.9 Å². The summed E-state index contributed by atoms with van der Waals surface area (Å²) >= 11 is 0. The lowest BCUT2D eigenvalue weighted by molar-refractivity contribution is -0.605. The Morgan fingerprint density at radius 1 is 1.17 bits per heavy atom. The second-order valence-electron chi connectivity index (χ2n) is 4.35. The number of carbonyl (C=O) groups is 2. The topological polar surface area (TPSA) is 125 Å². The number of rotatable bonds is 5. The summed E-state index contributed by atoms with van der Waals surface area (Å²) in [5.74, 6) is -1.51. The number of para-hydroxylation sites is 2. The minimum atomic E-state index is -0.789. The largest absolute Gasteiger partial charge is 0.619 e. The molecule has 0 aliphatic heterocycles. The van der Waals surface area contributed by atoms with Crippen LogP contribution in [-0.4, -0.2) is 23.4 Å². The Labute approximate surface area is 129 Å². The Bertz CT molecular complexity index is 744. The number of carbonyl (C=O) groups excluding carboxylic acids is 2. The summed E-state index contributed by atoms with van der Waals surface area (Å²) in [7, 11) is 0. The molecule has 1 amide bonds. The maximum Gasteiger partial charge on any atom is 0.339 e. The summed E-state index contributed by atoms with van der Waals surface area (Å²) in [6.07, 6.45) is 2.23. The second kappa shape index (κ2) is 6.98. The van der Waals surface area contributed by atoms with Crippen LogP contribution in [0.1, 0.15) is 10.4 Å². The van der Waals surface area contributed by atoms with Gasteiger partial charge in [0.05, 0.1) is 10.5 Å². The lowest BCUT2D eigenvalue weighted by atomic mass is 10.2. The minimum Gasteiger partial charge on any atom is -0.619 e. The first-order valence-corrected chi connectivity index (χ1v) is 6.36. The molecule has 1 N–H and O–H groups in total. The van der Waals surface area contributed by atoms with Gasteiger partial charge in [-0.15, -0.1) is 0 Å². The second-order valence-corrected chi connectivity index (χ2v) is 4.35. The van der Waals surface area contributed by atoms with Crippen LogP contribution in [-0.2, 0) is 9.53 Å². The molecule has 0 atom stereocenters. The molecule has 1 aromatic heterocycles. The van der Waals surface area contributed by atoms with Crippen molar-refractivity contribution in [1.82, 2.24) is 0 Å². The van der Waals surface area contributed by atoms with Gasteiger partial charge in [0.2, 0.25) is 0 Å². The maximum absolute atomic E-state index is 11.7. The van der Waals surface area contributed by atoms with Crippen molar-refractivity contribution in [3.63, 3.8) is 0 Å². The highest BCUT2D eigenvalue weighted by Crippen LogP contribution is 2.22. The van der Waals surface area contributed by atoms with E-state index in [1.165, 1.54) is 36.4 Å². The highest BCUT2D eigenvalue weighted by Gasteiger charge is 2.16. The third kappa shape index (κ3) is 4.24. The van der Waals surface area contributed by atoms with Crippen LogP contribution in [0, 0.1) is 15.3 Å². The predicted octanol–water partition coefficient (Wildman–Crippen LogP) is 1.02. The van der Waals surface area contributed by atoms with E-state index in [9.17, 15) is 24.9 Å². The minimum absolute atomic E-state index is 0.00524. The molecule has 23 heavy (non-hydrogen) atoms. The van der Waals surface area contributed by atoms with Crippen molar-refractivity contribution in [3.05, 3.63) is 69.7 Å². The highest BCUT2D eigenvalue weighted by molar-refractivity contribution is 5.96. The molecule has 0 bridgehead atoms. The fourth-order valence-electron chi connectivity index (χ4n) is 1.69. The van der Waals surface area contributed by atoms with Crippen molar-refractivity contribution in [1.29, 1.82) is 0 Å². The number of nitrogens with zero attached hydrogens (tertiary/aromatic N) is 2. The summed E-state index contributed by atoms with van der Waals surface area (Å²) in [6.45, 7) is -0.614. The van der Waals surface area contributed by atoms with Crippen LogP contribution >= 0.6 is 0 Å². The summed E-state index contributed by atoms with van der Waals surface area (Å²) < 4.78 is 5.27. The van der Waals surface area contributed by atoms with Gasteiger partial charge in [0.15, 0.2) is 19.0 Å². The van der Waals surface area contributed by atoms with Crippen molar-refractivity contribution < 1.29 is 24.0 Å². The van der Waals surface area contributed by atoms with Gasteiger partial charge in [0, 0.05) is 18.2 Å². The number of hydrogen-bond acceptors (Lipinski definition) is 6. The third-order valence-electron chi connectivity index (χ3n) is 2.75. The maximum atomic E-state index is 11.7. The van der Waals surface area contributed by atoms with Gasteiger partial charge in [-0.1, -0.05) is 12.1 Å². The Balaban J connectivity index is 1.94. The molecule has 0 saturated heterocycles. The lowest BCUT2D eigenvalue weighted by Crippen LogP contribution is -2.25. The summed E-state index contributed by atoms with van der Waals surface area (Å²) in [6, 6.07) is 8.08. The van der Waals surface area contributed by atoms with Crippen LogP contribution in [0.25, 0.3) is 0 Å². The number of aromatic nitrogens is 1. The molecule has 2 aromatic rings. The molecule has 1 aromatic carbocycles. The van der Waals surface area contributed by atoms with Crippen molar-refractivity contribution >= 4 is 23.3 Å². The molecule has 0 fully saturated rings. The van der Waals surface area contributed by atoms with Gasteiger partial charge in [0.1, 0.15) is 5.69 Å². The van der Waals surface area contributed by atoms with Crippen LogP contribution in [0.15, 0.2) is 48.8 Å². The van der Waals surface area contributed by atoms with Crippen LogP contribution < -0.4 is 10.0 Å². The smallest absolute Gasteiger partial charge is 0.339 e. The molecule has 2 rings (SSSR count). The molecular formula is C14H11N3O6. The summed E-state index contributed by atoms with van der Waals surface area (Å²) in [5.41, 5.74) is -0.156. The third-order valence-corrected chi connectivity index (χ3v) is 2.75. The van der Waals surface area contributed by atoms with E-state index in [4.69, 9.17) is 4.74 Å². The molecule has 9 heteroatoms. The number of nitro groups is 1. The van der Waals surface area contributed by atoms with E-state index in [0.29, 0.717) is 4.73 Å². The Morgan fingerprint density at radius 2 is 1.83 bits per heavy atom. The quantitative estimate of drug-likeness (QED) is 0.288. The number of pyridine rings is 1. The molecular weight excluding hydrogens is 306 g/mol. The molecule has 0 unspecified atom stereocenters. The molecule has 1 heterocycles. The van der Waals surface area contributed by atoms with Gasteiger partial charge in [-0.25, -0.2) is 4.79 Å². The standard InChI is InChI=1S/C14H11N3O6/c18-13(15-11-3-1-2-4-12(11)17(21)22)9-23-14(19)10-5-7-16(20)8-6-10/h1-8H,9H2,(H,15,18). The summed E-state index contributed by atoms with van der Waals surface area (Å²) in [5, 5.41) is 24.0. The number of nitrogens with one attached hydrogen (secondary N) is 1. The van der Waals surface area contributed by atoms with E-state index in [1.807, 2.05) is 0 Å². The molecule has 118 valence electrons. The number of anilines is 1. The fourth-order valence-corrected chi connectivity index (χ4v) is 1.69. The fraction of sp³-hybridized carbons (Fsp3) is 0.0714. The number of esters is 1. The van der Waals surface area contributed by atoms with Crippen molar-refractivity contribution in [2.75, 3.05) is 11.9 Å². The predicted molar refractivity (Wildman–Crippen MR) is 77.4 cm³/mol. The Morgan fingerprint density at radius 3 is 2.48 bits per heavy atom. The molecule has 9 nitrogen and oxygen atoms in total. The van der Waals surface area contributed by atoms with E-state index < -0.39 is 23.4 Å². The monoisotopic (exact) mass is 317 g/mol. The van der Waals surface area contributed by atoms with E-state index in [2.05, 4.69) is 5.32 Å². The van der Waals surface area contributed by atoms with Gasteiger partial charge in [-0.05, 0) is 6.07 Å². The van der Waals surface area contributed by atoms with E-state index >= 15 is 0 Å². The van der Waals surface area contributed by atoms with Gasteiger partial charge in [-0.3, -0.25) is 14.9 Å². The Hall–Kier alpha value is -3.49. The normalized spacial score (nSPS) is 9.91. The van der Waals surface area contributed by atoms with Gasteiger partial charge in [-0.2, -0.15) is 4.73 Å². The average Bonchev–Trinajstić information content (AvgIpc) is 2.53. The van der Waals surface area contributed by atoms with Crippen LogP contribution in [0.4, 0.5) is 11.4 Å².